The molecule has 4 heteroatoms. The molecule has 0 heterocycles. The van der Waals surface area contributed by atoms with Gasteiger partial charge in [-0.25, -0.2) is 4.39 Å². The highest BCUT2D eigenvalue weighted by Crippen LogP contribution is 2.16. The first-order valence-corrected chi connectivity index (χ1v) is 7.31. The lowest BCUT2D eigenvalue weighted by atomic mass is 10.1. The Morgan fingerprint density at radius 2 is 1.82 bits per heavy atom. The number of carboxylic acids is 1. The highest BCUT2D eigenvalue weighted by atomic mass is 19.1. The topological polar surface area (TPSA) is 46.5 Å². The Morgan fingerprint density at radius 1 is 1.05 bits per heavy atom. The predicted octanol–water partition coefficient (Wildman–Crippen LogP) is 4.20. The third-order valence-corrected chi connectivity index (χ3v) is 3.32. The molecule has 116 valence electrons. The fraction of sp³-hybridized carbons (Fsp3) is 0.278. The van der Waals surface area contributed by atoms with E-state index in [1.807, 2.05) is 30.3 Å². The number of halogens is 1. The molecule has 0 aromatic heterocycles. The van der Waals surface area contributed by atoms with Crippen molar-refractivity contribution in [2.45, 2.75) is 32.3 Å². The van der Waals surface area contributed by atoms with E-state index < -0.39 is 5.97 Å². The minimum Gasteiger partial charge on any atom is -0.489 e. The average Bonchev–Trinajstić information content (AvgIpc) is 2.51. The van der Waals surface area contributed by atoms with Crippen molar-refractivity contribution in [3.8, 4) is 5.75 Å². The van der Waals surface area contributed by atoms with Crippen molar-refractivity contribution in [1.82, 2.24) is 0 Å². The van der Waals surface area contributed by atoms with Crippen molar-refractivity contribution >= 4 is 5.97 Å². The summed E-state index contributed by atoms with van der Waals surface area (Å²) in [5.41, 5.74) is 1.95. The molecule has 1 N–H and O–H groups in total. The summed E-state index contributed by atoms with van der Waals surface area (Å²) in [5.74, 6) is -0.280. The van der Waals surface area contributed by atoms with Crippen molar-refractivity contribution < 1.29 is 19.0 Å². The van der Waals surface area contributed by atoms with E-state index in [0.717, 1.165) is 29.7 Å². The van der Waals surface area contributed by atoms with Gasteiger partial charge in [-0.3, -0.25) is 4.79 Å². The van der Waals surface area contributed by atoms with Gasteiger partial charge in [0.2, 0.25) is 0 Å². The fourth-order valence-corrected chi connectivity index (χ4v) is 2.15. The molecule has 0 saturated carbocycles. The van der Waals surface area contributed by atoms with E-state index in [2.05, 4.69) is 0 Å². The Balaban J connectivity index is 1.78. The van der Waals surface area contributed by atoms with Crippen LogP contribution in [0.3, 0.4) is 0 Å². The van der Waals surface area contributed by atoms with E-state index in [4.69, 9.17) is 9.84 Å². The van der Waals surface area contributed by atoms with Gasteiger partial charge in [-0.15, -0.1) is 0 Å². The van der Waals surface area contributed by atoms with E-state index in [-0.39, 0.29) is 12.2 Å². The predicted molar refractivity (Wildman–Crippen MR) is 82.4 cm³/mol. The maximum absolute atomic E-state index is 13.1. The first-order chi connectivity index (χ1) is 10.6. The van der Waals surface area contributed by atoms with E-state index >= 15 is 0 Å². The van der Waals surface area contributed by atoms with Crippen molar-refractivity contribution in [3.05, 3.63) is 65.5 Å². The summed E-state index contributed by atoms with van der Waals surface area (Å²) in [5, 5.41) is 8.58. The van der Waals surface area contributed by atoms with Gasteiger partial charge >= 0.3 is 5.97 Å². The Labute approximate surface area is 129 Å². The minimum absolute atomic E-state index is 0.217. The zero-order valence-corrected chi connectivity index (χ0v) is 12.3. The monoisotopic (exact) mass is 302 g/mol. The number of carbonyl (C=O) groups is 1. The van der Waals surface area contributed by atoms with Crippen molar-refractivity contribution in [3.63, 3.8) is 0 Å². The maximum atomic E-state index is 13.1. The molecule has 0 aliphatic rings. The quantitative estimate of drug-likeness (QED) is 0.743. The minimum atomic E-state index is -0.749. The summed E-state index contributed by atoms with van der Waals surface area (Å²) >= 11 is 0. The van der Waals surface area contributed by atoms with Gasteiger partial charge in [0, 0.05) is 6.42 Å². The Kier molecular flexibility index (Phi) is 5.95. The first kappa shape index (κ1) is 16.0. The number of aryl methyl sites for hydroxylation is 1. The lowest BCUT2D eigenvalue weighted by Gasteiger charge is -2.07. The number of aliphatic carboxylic acids is 1. The third-order valence-electron chi connectivity index (χ3n) is 3.32. The maximum Gasteiger partial charge on any atom is 0.303 e. The van der Waals surface area contributed by atoms with Crippen LogP contribution in [-0.4, -0.2) is 11.1 Å². The summed E-state index contributed by atoms with van der Waals surface area (Å²) in [6.07, 6.45) is 2.62. The average molecular weight is 302 g/mol. The molecule has 2 aromatic rings. The number of hydrogen-bond acceptors (Lipinski definition) is 2. The Morgan fingerprint density at radius 3 is 2.50 bits per heavy atom. The number of hydrogen-bond donors (Lipinski definition) is 1. The van der Waals surface area contributed by atoms with Gasteiger partial charge in [0.05, 0.1) is 0 Å². The van der Waals surface area contributed by atoms with Crippen LogP contribution in [0.1, 0.15) is 30.4 Å². The van der Waals surface area contributed by atoms with Crippen LogP contribution in [0.5, 0.6) is 5.75 Å². The van der Waals surface area contributed by atoms with Gasteiger partial charge in [0.1, 0.15) is 18.2 Å². The van der Waals surface area contributed by atoms with E-state index in [1.165, 1.54) is 12.1 Å². The second kappa shape index (κ2) is 8.17. The largest absolute Gasteiger partial charge is 0.489 e. The standard InChI is InChI=1S/C18H19FO3/c19-16-6-3-5-15(12-16)13-22-17-10-8-14(9-11-17)4-1-2-7-18(20)21/h3,5-6,8-12H,1-2,4,7,13H2,(H,20,21). The lowest BCUT2D eigenvalue weighted by molar-refractivity contribution is -0.137. The lowest BCUT2D eigenvalue weighted by Crippen LogP contribution is -1.97. The summed E-state index contributed by atoms with van der Waals surface area (Å²) < 4.78 is 18.7. The van der Waals surface area contributed by atoms with Crippen molar-refractivity contribution in [2.75, 3.05) is 0 Å². The fourth-order valence-electron chi connectivity index (χ4n) is 2.15. The summed E-state index contributed by atoms with van der Waals surface area (Å²) in [4.78, 5) is 10.4. The molecule has 0 radical (unpaired) electrons. The molecule has 2 rings (SSSR count). The number of rotatable bonds is 8. The molecule has 0 aliphatic heterocycles. The summed E-state index contributed by atoms with van der Waals surface area (Å²) in [7, 11) is 0. The summed E-state index contributed by atoms with van der Waals surface area (Å²) in [6.45, 7) is 0.329. The van der Waals surface area contributed by atoms with E-state index in [0.29, 0.717) is 13.0 Å². The Bertz CT molecular complexity index is 608. The third kappa shape index (κ3) is 5.56. The van der Waals surface area contributed by atoms with Crippen molar-refractivity contribution in [2.24, 2.45) is 0 Å². The number of benzene rings is 2. The van der Waals surface area contributed by atoms with Gasteiger partial charge in [-0.1, -0.05) is 24.3 Å². The normalized spacial score (nSPS) is 10.4. The number of carboxylic acid groups (broad SMARTS) is 1. The van der Waals surface area contributed by atoms with Crippen LogP contribution in [0.2, 0.25) is 0 Å². The second-order valence-electron chi connectivity index (χ2n) is 5.16. The first-order valence-electron chi connectivity index (χ1n) is 7.31. The van der Waals surface area contributed by atoms with Crippen LogP contribution in [0.15, 0.2) is 48.5 Å². The molecule has 0 fully saturated rings. The number of unbranched alkanes of at least 4 members (excludes halogenated alkanes) is 1. The molecule has 3 nitrogen and oxygen atoms in total. The highest BCUT2D eigenvalue weighted by Gasteiger charge is 2.00. The molecule has 0 atom stereocenters. The molecular formula is C18H19FO3. The Hall–Kier alpha value is -2.36. The molecule has 0 aliphatic carbocycles. The molecular weight excluding hydrogens is 283 g/mol. The molecule has 22 heavy (non-hydrogen) atoms. The molecule has 0 unspecified atom stereocenters. The van der Waals surface area contributed by atoms with Crippen LogP contribution in [0.25, 0.3) is 0 Å². The van der Waals surface area contributed by atoms with E-state index in [1.54, 1.807) is 6.07 Å². The SMILES string of the molecule is O=C(O)CCCCc1ccc(OCc2cccc(F)c2)cc1. The molecule has 0 spiro atoms. The van der Waals surface area contributed by atoms with Gasteiger partial charge in [0.15, 0.2) is 0 Å². The van der Waals surface area contributed by atoms with Crippen molar-refractivity contribution in [1.29, 1.82) is 0 Å². The molecule has 0 amide bonds. The van der Waals surface area contributed by atoms with Crippen LogP contribution in [-0.2, 0) is 17.8 Å². The molecule has 0 bridgehead atoms. The molecule has 0 saturated heterocycles. The van der Waals surface area contributed by atoms with Gasteiger partial charge in [0.25, 0.3) is 0 Å². The van der Waals surface area contributed by atoms with Gasteiger partial charge in [-0.05, 0) is 54.7 Å². The zero-order valence-electron chi connectivity index (χ0n) is 12.3. The highest BCUT2D eigenvalue weighted by molar-refractivity contribution is 5.66. The molecule has 2 aromatic carbocycles. The van der Waals surface area contributed by atoms with Crippen LogP contribution in [0.4, 0.5) is 4.39 Å². The van der Waals surface area contributed by atoms with Crippen LogP contribution < -0.4 is 4.74 Å². The number of ether oxygens (including phenoxy) is 1. The smallest absolute Gasteiger partial charge is 0.303 e. The van der Waals surface area contributed by atoms with E-state index in [9.17, 15) is 9.18 Å². The van der Waals surface area contributed by atoms with Crippen LogP contribution in [0, 0.1) is 5.82 Å². The second-order valence-corrected chi connectivity index (χ2v) is 5.16. The van der Waals surface area contributed by atoms with Gasteiger partial charge < -0.3 is 9.84 Å². The van der Waals surface area contributed by atoms with Gasteiger partial charge in [-0.2, -0.15) is 0 Å². The van der Waals surface area contributed by atoms with Crippen LogP contribution >= 0.6 is 0 Å². The summed E-state index contributed by atoms with van der Waals surface area (Å²) in [6, 6.07) is 14.1. The zero-order chi connectivity index (χ0) is 15.8.